The smallest absolute Gasteiger partial charge is 0.313 e. The van der Waals surface area contributed by atoms with Crippen molar-refractivity contribution in [2.75, 3.05) is 5.75 Å². The molecule has 0 fully saturated rings. The van der Waals surface area contributed by atoms with Gasteiger partial charge in [-0.1, -0.05) is 41.6 Å². The van der Waals surface area contributed by atoms with Crippen LogP contribution in [0.25, 0.3) is 6.08 Å². The first-order chi connectivity index (χ1) is 9.54. The maximum atomic E-state index is 10.6. The van der Waals surface area contributed by atoms with Gasteiger partial charge in [-0.15, -0.1) is 5.10 Å². The molecule has 2 rings (SSSR count). The molecule has 0 atom stereocenters. The Balaban J connectivity index is 2.13. The van der Waals surface area contributed by atoms with E-state index in [2.05, 4.69) is 47.5 Å². The van der Waals surface area contributed by atoms with Gasteiger partial charge >= 0.3 is 5.97 Å². The van der Waals surface area contributed by atoms with Crippen molar-refractivity contribution in [1.29, 1.82) is 0 Å². The molecule has 0 bridgehead atoms. The lowest BCUT2D eigenvalue weighted by Gasteiger charge is -2.12. The van der Waals surface area contributed by atoms with Crippen molar-refractivity contribution in [2.45, 2.75) is 20.3 Å². The van der Waals surface area contributed by atoms with Gasteiger partial charge in [0.1, 0.15) is 5.04 Å². The second kappa shape index (κ2) is 6.52. The van der Waals surface area contributed by atoms with Crippen molar-refractivity contribution in [1.82, 2.24) is 0 Å². The number of carbonyl (C=O) groups is 1. The minimum atomic E-state index is -0.840. The number of thioether (sulfide) groups is 1. The minimum Gasteiger partial charge on any atom is -0.481 e. The van der Waals surface area contributed by atoms with Crippen LogP contribution in [-0.4, -0.2) is 27.6 Å². The molecular weight excluding hydrogens is 272 g/mol. The molecular formula is C15H16N2O2S. The van der Waals surface area contributed by atoms with Crippen molar-refractivity contribution in [2.24, 2.45) is 10.2 Å². The number of hydrogen-bond acceptors (Lipinski definition) is 4. The summed E-state index contributed by atoms with van der Waals surface area (Å²) in [7, 11) is 0. The Morgan fingerprint density at radius 2 is 2.00 bits per heavy atom. The molecule has 1 aromatic rings. The Hall–Kier alpha value is -1.88. The second-order valence-corrected chi connectivity index (χ2v) is 5.67. The van der Waals surface area contributed by atoms with Gasteiger partial charge in [-0.3, -0.25) is 4.79 Å². The zero-order valence-electron chi connectivity index (χ0n) is 11.5. The summed E-state index contributed by atoms with van der Waals surface area (Å²) in [6.07, 6.45) is 2.72. The van der Waals surface area contributed by atoms with Crippen LogP contribution in [0.15, 0.2) is 40.0 Å². The third kappa shape index (κ3) is 4.06. The van der Waals surface area contributed by atoms with Gasteiger partial charge in [0, 0.05) is 6.42 Å². The normalized spacial score (nSPS) is 16.8. The van der Waals surface area contributed by atoms with Crippen LogP contribution in [0.3, 0.4) is 0 Å². The standard InChI is InChI=1S/C15H16N2O2S/c1-10-3-5-12(6-4-10)7-13-8-14(17-16-11(13)2)20-9-15(18)19/h3-7H,8-9H2,1-2H3,(H,18,19)/b13-7+. The molecule has 0 aromatic heterocycles. The number of benzene rings is 1. The molecule has 1 aromatic carbocycles. The van der Waals surface area contributed by atoms with E-state index in [0.29, 0.717) is 6.42 Å². The summed E-state index contributed by atoms with van der Waals surface area (Å²) in [4.78, 5) is 10.6. The third-order valence-electron chi connectivity index (χ3n) is 2.90. The highest BCUT2D eigenvalue weighted by Gasteiger charge is 2.14. The van der Waals surface area contributed by atoms with Crippen LogP contribution < -0.4 is 0 Å². The SMILES string of the molecule is CC1=NN=C(SCC(=O)O)C/C1=C\c1ccc(C)cc1. The van der Waals surface area contributed by atoms with E-state index >= 15 is 0 Å². The van der Waals surface area contributed by atoms with E-state index in [1.54, 1.807) is 0 Å². The molecule has 20 heavy (non-hydrogen) atoms. The number of allylic oxidation sites excluding steroid dienone is 1. The van der Waals surface area contributed by atoms with E-state index in [0.717, 1.165) is 21.9 Å². The molecule has 4 nitrogen and oxygen atoms in total. The van der Waals surface area contributed by atoms with E-state index < -0.39 is 5.97 Å². The first kappa shape index (κ1) is 14.5. The predicted octanol–water partition coefficient (Wildman–Crippen LogP) is 3.37. The molecule has 0 amide bonds. The second-order valence-electron chi connectivity index (χ2n) is 4.62. The van der Waals surface area contributed by atoms with Crippen LogP contribution in [0.5, 0.6) is 0 Å². The van der Waals surface area contributed by atoms with E-state index in [4.69, 9.17) is 5.11 Å². The molecule has 5 heteroatoms. The van der Waals surface area contributed by atoms with E-state index in [9.17, 15) is 4.79 Å². The topological polar surface area (TPSA) is 62.0 Å². The lowest BCUT2D eigenvalue weighted by Crippen LogP contribution is -2.10. The maximum Gasteiger partial charge on any atom is 0.313 e. The Kier molecular flexibility index (Phi) is 4.74. The average Bonchev–Trinajstić information content (AvgIpc) is 2.42. The monoisotopic (exact) mass is 288 g/mol. The number of nitrogens with zero attached hydrogens (tertiary/aromatic N) is 2. The van der Waals surface area contributed by atoms with E-state index in [-0.39, 0.29) is 5.75 Å². The van der Waals surface area contributed by atoms with E-state index in [1.807, 2.05) is 6.92 Å². The minimum absolute atomic E-state index is 0.0191. The van der Waals surface area contributed by atoms with Crippen molar-refractivity contribution in [3.63, 3.8) is 0 Å². The molecule has 1 aliphatic heterocycles. The van der Waals surface area contributed by atoms with Crippen LogP contribution in [0.4, 0.5) is 0 Å². The summed E-state index contributed by atoms with van der Waals surface area (Å²) in [6.45, 7) is 3.97. The van der Waals surface area contributed by atoms with Crippen molar-refractivity contribution in [3.8, 4) is 0 Å². The fourth-order valence-electron chi connectivity index (χ4n) is 1.77. The van der Waals surface area contributed by atoms with Gasteiger partial charge in [0.15, 0.2) is 0 Å². The summed E-state index contributed by atoms with van der Waals surface area (Å²) >= 11 is 1.23. The molecule has 1 aliphatic rings. The zero-order chi connectivity index (χ0) is 14.5. The largest absolute Gasteiger partial charge is 0.481 e. The first-order valence-corrected chi connectivity index (χ1v) is 7.26. The van der Waals surface area contributed by atoms with Crippen LogP contribution in [0, 0.1) is 6.92 Å². The fraction of sp³-hybridized carbons (Fsp3) is 0.267. The molecule has 104 valence electrons. The number of rotatable bonds is 3. The lowest BCUT2D eigenvalue weighted by atomic mass is 10.0. The average molecular weight is 288 g/mol. The molecule has 0 saturated carbocycles. The van der Waals surface area contributed by atoms with Crippen LogP contribution in [0.2, 0.25) is 0 Å². The highest BCUT2D eigenvalue weighted by molar-refractivity contribution is 8.14. The summed E-state index contributed by atoms with van der Waals surface area (Å²) in [6, 6.07) is 8.25. The van der Waals surface area contributed by atoms with E-state index in [1.165, 1.54) is 17.3 Å². The lowest BCUT2D eigenvalue weighted by molar-refractivity contribution is -0.133. The van der Waals surface area contributed by atoms with Crippen molar-refractivity contribution in [3.05, 3.63) is 41.0 Å². The summed E-state index contributed by atoms with van der Waals surface area (Å²) in [5, 5.41) is 17.6. The van der Waals surface area contributed by atoms with Gasteiger partial charge in [0.05, 0.1) is 11.5 Å². The Morgan fingerprint density at radius 3 is 2.65 bits per heavy atom. The fourth-order valence-corrected chi connectivity index (χ4v) is 2.41. The summed E-state index contributed by atoms with van der Waals surface area (Å²) in [5.41, 5.74) is 4.30. The van der Waals surface area contributed by atoms with Crippen molar-refractivity contribution < 1.29 is 9.90 Å². The van der Waals surface area contributed by atoms with Gasteiger partial charge in [0.25, 0.3) is 0 Å². The Morgan fingerprint density at radius 1 is 1.30 bits per heavy atom. The van der Waals surface area contributed by atoms with Gasteiger partial charge in [0.2, 0.25) is 0 Å². The quantitative estimate of drug-likeness (QED) is 0.927. The number of aliphatic carboxylic acids is 1. The highest BCUT2D eigenvalue weighted by Crippen LogP contribution is 2.21. The zero-order valence-corrected chi connectivity index (χ0v) is 12.3. The molecule has 0 saturated heterocycles. The molecule has 0 radical (unpaired) electrons. The van der Waals surface area contributed by atoms with Gasteiger partial charge in [-0.25, -0.2) is 0 Å². The number of carboxylic acids is 1. The maximum absolute atomic E-state index is 10.6. The number of hydrogen-bond donors (Lipinski definition) is 1. The van der Waals surface area contributed by atoms with Gasteiger partial charge in [-0.05, 0) is 31.1 Å². The Bertz CT molecular complexity index is 601. The molecule has 0 aliphatic carbocycles. The highest BCUT2D eigenvalue weighted by atomic mass is 32.2. The van der Waals surface area contributed by atoms with Crippen LogP contribution in [0.1, 0.15) is 24.5 Å². The molecule has 0 spiro atoms. The van der Waals surface area contributed by atoms with Crippen molar-refractivity contribution >= 4 is 34.6 Å². The van der Waals surface area contributed by atoms with Crippen LogP contribution >= 0.6 is 11.8 Å². The van der Waals surface area contributed by atoms with Gasteiger partial charge in [-0.2, -0.15) is 5.10 Å². The molecule has 0 unspecified atom stereocenters. The van der Waals surface area contributed by atoms with Crippen LogP contribution in [-0.2, 0) is 4.79 Å². The third-order valence-corrected chi connectivity index (χ3v) is 3.85. The Labute approximate surface area is 122 Å². The predicted molar refractivity (Wildman–Crippen MR) is 84.4 cm³/mol. The summed E-state index contributed by atoms with van der Waals surface area (Å²) in [5.74, 6) is -0.821. The molecule has 1 N–H and O–H groups in total. The first-order valence-electron chi connectivity index (χ1n) is 6.28. The molecule has 1 heterocycles. The summed E-state index contributed by atoms with van der Waals surface area (Å²) < 4.78 is 0. The van der Waals surface area contributed by atoms with Gasteiger partial charge < -0.3 is 5.11 Å². The number of carboxylic acid groups (broad SMARTS) is 1. The number of aryl methyl sites for hydroxylation is 1.